The predicted octanol–water partition coefficient (Wildman–Crippen LogP) is 3.64. The van der Waals surface area contributed by atoms with Crippen LogP contribution in [0.5, 0.6) is 0 Å². The first-order valence-electron chi connectivity index (χ1n) is 6.83. The molecule has 1 aromatic heterocycles. The Kier molecular flexibility index (Phi) is 3.81. The minimum absolute atomic E-state index is 0.343. The van der Waals surface area contributed by atoms with Crippen molar-refractivity contribution in [3.8, 4) is 0 Å². The van der Waals surface area contributed by atoms with E-state index in [0.717, 1.165) is 32.5 Å². The molecular weight excluding hydrogens is 310 g/mol. The van der Waals surface area contributed by atoms with Gasteiger partial charge in [0.2, 0.25) is 0 Å². The van der Waals surface area contributed by atoms with Crippen LogP contribution in [0.15, 0.2) is 15.2 Å². The molecule has 2 fully saturated rings. The number of aliphatic hydroxyl groups is 1. The fraction of sp³-hybridized carbons (Fsp3) is 0.714. The number of nitrogens with zero attached hydrogens (tertiary/aromatic N) is 1. The standard InChI is InChI=1S/C14H20BrNOS/c15-13-7-11(10-18-13)8-16-6-5-14(17)4-2-1-3-12(14)9-16/h7,10,12,17H,1-6,8-9H2. The van der Waals surface area contributed by atoms with Crippen molar-refractivity contribution in [1.29, 1.82) is 0 Å². The monoisotopic (exact) mass is 329 g/mol. The predicted molar refractivity (Wildman–Crippen MR) is 78.8 cm³/mol. The van der Waals surface area contributed by atoms with Crippen molar-refractivity contribution in [3.63, 3.8) is 0 Å². The Morgan fingerprint density at radius 1 is 1.44 bits per heavy atom. The van der Waals surface area contributed by atoms with Gasteiger partial charge in [0.1, 0.15) is 0 Å². The van der Waals surface area contributed by atoms with Gasteiger partial charge in [0.15, 0.2) is 0 Å². The van der Waals surface area contributed by atoms with E-state index in [-0.39, 0.29) is 5.60 Å². The highest BCUT2D eigenvalue weighted by molar-refractivity contribution is 9.11. The van der Waals surface area contributed by atoms with Gasteiger partial charge in [-0.05, 0) is 52.2 Å². The molecule has 100 valence electrons. The highest BCUT2D eigenvalue weighted by Gasteiger charge is 2.42. The summed E-state index contributed by atoms with van der Waals surface area (Å²) in [6.07, 6.45) is 5.70. The van der Waals surface area contributed by atoms with Gasteiger partial charge in [0.05, 0.1) is 9.39 Å². The van der Waals surface area contributed by atoms with Gasteiger partial charge in [-0.3, -0.25) is 4.90 Å². The number of likely N-dealkylation sites (tertiary alicyclic amines) is 1. The number of hydrogen-bond acceptors (Lipinski definition) is 3. The topological polar surface area (TPSA) is 23.5 Å². The smallest absolute Gasteiger partial charge is 0.0701 e. The molecule has 2 atom stereocenters. The summed E-state index contributed by atoms with van der Waals surface area (Å²) in [5, 5.41) is 12.9. The van der Waals surface area contributed by atoms with E-state index in [4.69, 9.17) is 0 Å². The van der Waals surface area contributed by atoms with Crippen molar-refractivity contribution >= 4 is 27.3 Å². The lowest BCUT2D eigenvalue weighted by atomic mass is 9.71. The highest BCUT2D eigenvalue weighted by Crippen LogP contribution is 2.40. The molecule has 2 heterocycles. The molecule has 2 aliphatic rings. The third-order valence-corrected chi connectivity index (χ3v) is 6.09. The van der Waals surface area contributed by atoms with Crippen molar-refractivity contribution < 1.29 is 5.11 Å². The average Bonchev–Trinajstić information content (AvgIpc) is 2.75. The van der Waals surface area contributed by atoms with Crippen LogP contribution in [0.4, 0.5) is 0 Å². The molecular formula is C14H20BrNOS. The maximum atomic E-state index is 10.6. The lowest BCUT2D eigenvalue weighted by Crippen LogP contribution is -2.52. The van der Waals surface area contributed by atoms with Crippen LogP contribution in [-0.4, -0.2) is 28.7 Å². The van der Waals surface area contributed by atoms with E-state index in [0.29, 0.717) is 5.92 Å². The van der Waals surface area contributed by atoms with Crippen molar-refractivity contribution in [2.45, 2.75) is 44.2 Å². The number of hydrogen-bond donors (Lipinski definition) is 1. The van der Waals surface area contributed by atoms with Crippen molar-refractivity contribution in [2.75, 3.05) is 13.1 Å². The molecule has 0 aromatic carbocycles. The van der Waals surface area contributed by atoms with Crippen LogP contribution < -0.4 is 0 Å². The van der Waals surface area contributed by atoms with E-state index in [1.807, 2.05) is 0 Å². The molecule has 0 radical (unpaired) electrons. The summed E-state index contributed by atoms with van der Waals surface area (Å²) in [5.74, 6) is 0.502. The van der Waals surface area contributed by atoms with Crippen LogP contribution in [0.1, 0.15) is 37.7 Å². The number of thiophene rings is 1. The number of fused-ring (bicyclic) bond motifs is 1. The lowest BCUT2D eigenvalue weighted by Gasteiger charge is -2.47. The Balaban J connectivity index is 1.63. The minimum Gasteiger partial charge on any atom is -0.390 e. The zero-order valence-corrected chi connectivity index (χ0v) is 13.0. The third-order valence-electron chi connectivity index (χ3n) is 4.54. The quantitative estimate of drug-likeness (QED) is 0.895. The van der Waals surface area contributed by atoms with Gasteiger partial charge in [-0.15, -0.1) is 11.3 Å². The summed E-state index contributed by atoms with van der Waals surface area (Å²) in [6, 6.07) is 2.21. The van der Waals surface area contributed by atoms with Crippen molar-refractivity contribution in [2.24, 2.45) is 5.92 Å². The molecule has 1 aliphatic heterocycles. The van der Waals surface area contributed by atoms with E-state index in [1.165, 1.54) is 28.6 Å². The zero-order valence-electron chi connectivity index (χ0n) is 10.6. The van der Waals surface area contributed by atoms with E-state index < -0.39 is 0 Å². The van der Waals surface area contributed by atoms with Gasteiger partial charge >= 0.3 is 0 Å². The Morgan fingerprint density at radius 3 is 3.11 bits per heavy atom. The molecule has 1 saturated heterocycles. The minimum atomic E-state index is -0.343. The Labute approximate surface area is 121 Å². The SMILES string of the molecule is OC12CCCCC1CN(Cc1csc(Br)c1)CC2. The summed E-state index contributed by atoms with van der Waals surface area (Å²) in [4.78, 5) is 2.51. The van der Waals surface area contributed by atoms with E-state index in [2.05, 4.69) is 32.3 Å². The fourth-order valence-electron chi connectivity index (χ4n) is 3.47. The number of halogens is 1. The second-order valence-electron chi connectivity index (χ2n) is 5.79. The van der Waals surface area contributed by atoms with Crippen LogP contribution in [0.2, 0.25) is 0 Å². The summed E-state index contributed by atoms with van der Waals surface area (Å²) < 4.78 is 1.21. The molecule has 1 N–H and O–H groups in total. The molecule has 0 spiro atoms. The normalized spacial score (nSPS) is 33.3. The maximum Gasteiger partial charge on any atom is 0.0701 e. The molecule has 2 unspecified atom stereocenters. The highest BCUT2D eigenvalue weighted by atomic mass is 79.9. The van der Waals surface area contributed by atoms with Crippen molar-refractivity contribution in [1.82, 2.24) is 4.90 Å². The Bertz CT molecular complexity index is 422. The van der Waals surface area contributed by atoms with Crippen LogP contribution in [0, 0.1) is 5.92 Å². The Hall–Kier alpha value is 0.100. The van der Waals surface area contributed by atoms with Gasteiger partial charge in [0.25, 0.3) is 0 Å². The first-order chi connectivity index (χ1) is 8.66. The largest absolute Gasteiger partial charge is 0.390 e. The van der Waals surface area contributed by atoms with Crippen LogP contribution in [-0.2, 0) is 6.54 Å². The van der Waals surface area contributed by atoms with E-state index >= 15 is 0 Å². The fourth-order valence-corrected chi connectivity index (χ4v) is 4.67. The van der Waals surface area contributed by atoms with Gasteiger partial charge in [-0.2, -0.15) is 0 Å². The summed E-state index contributed by atoms with van der Waals surface area (Å²) in [5.41, 5.74) is 1.05. The summed E-state index contributed by atoms with van der Waals surface area (Å²) >= 11 is 5.28. The first kappa shape index (κ1) is 13.1. The van der Waals surface area contributed by atoms with Crippen LogP contribution in [0.25, 0.3) is 0 Å². The molecule has 0 bridgehead atoms. The number of piperidine rings is 1. The molecule has 18 heavy (non-hydrogen) atoms. The molecule has 4 heteroatoms. The first-order valence-corrected chi connectivity index (χ1v) is 8.51. The molecule has 2 nitrogen and oxygen atoms in total. The lowest BCUT2D eigenvalue weighted by molar-refractivity contribution is -0.0967. The van der Waals surface area contributed by atoms with E-state index in [1.54, 1.807) is 11.3 Å². The molecule has 3 rings (SSSR count). The molecule has 0 amide bonds. The Morgan fingerprint density at radius 2 is 2.33 bits per heavy atom. The summed E-state index contributed by atoms with van der Waals surface area (Å²) in [7, 11) is 0. The second kappa shape index (κ2) is 5.23. The third kappa shape index (κ3) is 2.67. The van der Waals surface area contributed by atoms with Crippen molar-refractivity contribution in [3.05, 3.63) is 20.8 Å². The average molecular weight is 330 g/mol. The summed E-state index contributed by atoms with van der Waals surface area (Å²) in [6.45, 7) is 3.15. The number of rotatable bonds is 2. The van der Waals surface area contributed by atoms with Gasteiger partial charge in [-0.25, -0.2) is 0 Å². The van der Waals surface area contributed by atoms with Gasteiger partial charge < -0.3 is 5.11 Å². The van der Waals surface area contributed by atoms with Gasteiger partial charge in [0, 0.05) is 25.6 Å². The molecule has 1 aliphatic carbocycles. The van der Waals surface area contributed by atoms with Crippen LogP contribution >= 0.6 is 27.3 Å². The zero-order chi connectivity index (χ0) is 12.6. The second-order valence-corrected chi connectivity index (χ2v) is 8.08. The maximum absolute atomic E-state index is 10.6. The molecule has 1 aromatic rings. The van der Waals surface area contributed by atoms with E-state index in [9.17, 15) is 5.11 Å². The van der Waals surface area contributed by atoms with Gasteiger partial charge in [-0.1, -0.05) is 12.8 Å². The van der Waals surface area contributed by atoms with Crippen LogP contribution in [0.3, 0.4) is 0 Å². The molecule has 1 saturated carbocycles.